The quantitative estimate of drug-likeness (QED) is 0.329. The molecule has 6 nitrogen and oxygen atoms in total. The van der Waals surface area contributed by atoms with Gasteiger partial charge in [-0.25, -0.2) is 4.39 Å². The van der Waals surface area contributed by atoms with Gasteiger partial charge in [0.2, 0.25) is 0 Å². The molecule has 7 heteroatoms. The van der Waals surface area contributed by atoms with Crippen LogP contribution in [-0.2, 0) is 0 Å². The number of carbonyl (C=O) groups is 1. The smallest absolute Gasteiger partial charge is 0.255 e. The molecule has 0 aliphatic rings. The number of rotatable bonds is 4. The average molecular weight is 425 g/mol. The molecule has 0 aliphatic carbocycles. The van der Waals surface area contributed by atoms with E-state index in [1.165, 1.54) is 28.8 Å². The van der Waals surface area contributed by atoms with E-state index in [4.69, 9.17) is 10.8 Å². The zero-order valence-corrected chi connectivity index (χ0v) is 17.3. The predicted molar refractivity (Wildman–Crippen MR) is 121 cm³/mol. The predicted octanol–water partition coefficient (Wildman–Crippen LogP) is 4.60. The summed E-state index contributed by atoms with van der Waals surface area (Å²) in [5.74, 6) is -0.570. The van der Waals surface area contributed by atoms with Gasteiger partial charge >= 0.3 is 0 Å². The zero-order chi connectivity index (χ0) is 22.7. The van der Waals surface area contributed by atoms with Gasteiger partial charge in [0.15, 0.2) is 0 Å². The summed E-state index contributed by atoms with van der Waals surface area (Å²) < 4.78 is 14.6. The van der Waals surface area contributed by atoms with E-state index in [1.54, 1.807) is 48.9 Å². The Labute approximate surface area is 184 Å². The Balaban J connectivity index is 1.69. The third-order valence-electron chi connectivity index (χ3n) is 5.07. The van der Waals surface area contributed by atoms with E-state index in [1.807, 2.05) is 19.1 Å². The van der Waals surface area contributed by atoms with Gasteiger partial charge in [0.1, 0.15) is 17.1 Å². The second-order valence-electron chi connectivity index (χ2n) is 7.22. The number of hydrogen-bond donors (Lipinski definition) is 3. The van der Waals surface area contributed by atoms with E-state index >= 15 is 0 Å². The number of nitrogens with one attached hydrogen (secondary N) is 3. The molecule has 4 rings (SSSR count). The van der Waals surface area contributed by atoms with Gasteiger partial charge in [-0.3, -0.25) is 25.2 Å². The maximum absolute atomic E-state index is 13.1. The molecule has 0 radical (unpaired) electrons. The lowest BCUT2D eigenvalue weighted by Crippen LogP contribution is -2.28. The minimum Gasteiger partial charge on any atom is -0.322 e. The van der Waals surface area contributed by atoms with Gasteiger partial charge < -0.3 is 5.32 Å². The topological polar surface area (TPSA) is 94.6 Å². The molecule has 0 bridgehead atoms. The second-order valence-corrected chi connectivity index (χ2v) is 7.22. The molecular weight excluding hydrogens is 405 g/mol. The van der Waals surface area contributed by atoms with Crippen molar-refractivity contribution in [3.8, 4) is 11.1 Å². The van der Waals surface area contributed by atoms with Crippen LogP contribution < -0.4 is 10.8 Å². The third-order valence-corrected chi connectivity index (χ3v) is 5.07. The number of carbonyl (C=O) groups excluding carboxylic acids is 1. The van der Waals surface area contributed by atoms with Gasteiger partial charge in [0.05, 0.1) is 0 Å². The fraction of sp³-hybridized carbons (Fsp3) is 0.0400. The molecule has 32 heavy (non-hydrogen) atoms. The van der Waals surface area contributed by atoms with Crippen LogP contribution in [-0.4, -0.2) is 21.3 Å². The summed E-state index contributed by atoms with van der Waals surface area (Å²) in [5.41, 5.74) is 3.68. The van der Waals surface area contributed by atoms with Gasteiger partial charge in [0, 0.05) is 41.0 Å². The molecule has 0 unspecified atom stereocenters. The monoisotopic (exact) mass is 425 g/mol. The third kappa shape index (κ3) is 4.22. The summed E-state index contributed by atoms with van der Waals surface area (Å²) in [4.78, 5) is 16.9. The molecule has 1 amide bonds. The number of anilines is 1. The summed E-state index contributed by atoms with van der Waals surface area (Å²) in [5, 5.41) is 19.9. The van der Waals surface area contributed by atoms with Crippen LogP contribution in [0.25, 0.3) is 11.1 Å². The molecule has 2 aromatic carbocycles. The minimum atomic E-state index is -0.376. The Bertz CT molecular complexity index is 1360. The van der Waals surface area contributed by atoms with Crippen molar-refractivity contribution >= 4 is 17.4 Å². The van der Waals surface area contributed by atoms with Crippen LogP contribution in [0.5, 0.6) is 0 Å². The molecule has 4 aromatic rings. The number of benzene rings is 2. The van der Waals surface area contributed by atoms with Crippen molar-refractivity contribution < 1.29 is 9.18 Å². The summed E-state index contributed by atoms with van der Waals surface area (Å²) in [6, 6.07) is 18.0. The van der Waals surface area contributed by atoms with Crippen LogP contribution in [0.3, 0.4) is 0 Å². The van der Waals surface area contributed by atoms with Crippen LogP contribution >= 0.6 is 0 Å². The lowest BCUT2D eigenvalue weighted by molar-refractivity contribution is 0.102. The van der Waals surface area contributed by atoms with E-state index in [-0.39, 0.29) is 23.0 Å². The van der Waals surface area contributed by atoms with Crippen LogP contribution in [0.2, 0.25) is 0 Å². The van der Waals surface area contributed by atoms with E-state index < -0.39 is 0 Å². The minimum absolute atomic E-state index is 0.120. The number of nitrogens with zero attached hydrogens (tertiary/aromatic N) is 2. The lowest BCUT2D eigenvalue weighted by Gasteiger charge is -2.13. The summed E-state index contributed by atoms with van der Waals surface area (Å²) in [6.07, 6.45) is 4.85. The van der Waals surface area contributed by atoms with Crippen LogP contribution in [0.1, 0.15) is 21.5 Å². The number of halogens is 1. The summed E-state index contributed by atoms with van der Waals surface area (Å²) in [6.45, 7) is 1.83. The van der Waals surface area contributed by atoms with E-state index in [0.29, 0.717) is 27.9 Å². The first-order chi connectivity index (χ1) is 15.4. The number of hydrogen-bond acceptors (Lipinski definition) is 4. The number of amides is 1. The molecular formula is C25H20FN5O. The molecule has 0 saturated carbocycles. The Morgan fingerprint density at radius 2 is 1.84 bits per heavy atom. The highest BCUT2D eigenvalue weighted by Crippen LogP contribution is 2.21. The van der Waals surface area contributed by atoms with Crippen molar-refractivity contribution in [2.45, 2.75) is 6.92 Å². The van der Waals surface area contributed by atoms with Crippen molar-refractivity contribution in [2.75, 3.05) is 5.32 Å². The van der Waals surface area contributed by atoms with E-state index in [0.717, 1.165) is 5.56 Å². The largest absolute Gasteiger partial charge is 0.322 e. The Morgan fingerprint density at radius 1 is 1.06 bits per heavy atom. The molecule has 158 valence electrons. The SMILES string of the molecule is Cc1ccc(-c2cccn(C(=N)c3cccnc3)c2=N)cc1C(=O)Nc1ccc(F)cc1. The fourth-order valence-electron chi connectivity index (χ4n) is 3.34. The van der Waals surface area contributed by atoms with Crippen molar-refractivity contribution in [2.24, 2.45) is 0 Å². The Kier molecular flexibility index (Phi) is 5.72. The van der Waals surface area contributed by atoms with Gasteiger partial charge in [0.25, 0.3) is 5.91 Å². The average Bonchev–Trinajstić information content (AvgIpc) is 2.81. The highest BCUT2D eigenvalue weighted by molar-refractivity contribution is 6.06. The summed E-state index contributed by atoms with van der Waals surface area (Å²) >= 11 is 0. The number of aromatic nitrogens is 2. The fourth-order valence-corrected chi connectivity index (χ4v) is 3.34. The standard InChI is InChI=1S/C25H20FN5O/c1-16-6-7-17(14-22(16)25(32)30-20-10-8-19(26)9-11-20)21-5-3-13-31(24(21)28)23(27)18-4-2-12-29-15-18/h2-15,27-28H,1H3,(H,30,32). The number of aryl methyl sites for hydroxylation is 1. The van der Waals surface area contributed by atoms with Crippen LogP contribution in [0.15, 0.2) is 85.3 Å². The van der Waals surface area contributed by atoms with Gasteiger partial charge in [-0.15, -0.1) is 0 Å². The van der Waals surface area contributed by atoms with Gasteiger partial charge in [-0.1, -0.05) is 12.1 Å². The first kappa shape index (κ1) is 20.9. The first-order valence-electron chi connectivity index (χ1n) is 9.87. The van der Waals surface area contributed by atoms with Gasteiger partial charge in [-0.2, -0.15) is 0 Å². The van der Waals surface area contributed by atoms with E-state index in [2.05, 4.69) is 10.3 Å². The molecule has 0 atom stereocenters. The molecule has 2 aromatic heterocycles. The van der Waals surface area contributed by atoms with Crippen molar-refractivity contribution in [1.82, 2.24) is 9.55 Å². The normalized spacial score (nSPS) is 10.6. The highest BCUT2D eigenvalue weighted by Gasteiger charge is 2.14. The van der Waals surface area contributed by atoms with Crippen molar-refractivity contribution in [1.29, 1.82) is 10.8 Å². The maximum atomic E-state index is 13.1. The molecule has 0 saturated heterocycles. The van der Waals surface area contributed by atoms with Crippen LogP contribution in [0, 0.1) is 23.6 Å². The maximum Gasteiger partial charge on any atom is 0.255 e. The lowest BCUT2D eigenvalue weighted by atomic mass is 9.99. The second kappa shape index (κ2) is 8.77. The van der Waals surface area contributed by atoms with Crippen molar-refractivity contribution in [3.63, 3.8) is 0 Å². The molecule has 3 N–H and O–H groups in total. The first-order valence-corrected chi connectivity index (χ1v) is 9.87. The van der Waals surface area contributed by atoms with Crippen LogP contribution in [0.4, 0.5) is 10.1 Å². The Morgan fingerprint density at radius 3 is 2.56 bits per heavy atom. The van der Waals surface area contributed by atoms with Crippen molar-refractivity contribution in [3.05, 3.63) is 113 Å². The molecule has 2 heterocycles. The molecule has 0 aliphatic heterocycles. The Hall–Kier alpha value is -4.39. The van der Waals surface area contributed by atoms with Gasteiger partial charge in [-0.05, 0) is 72.6 Å². The molecule has 0 spiro atoms. The molecule has 0 fully saturated rings. The zero-order valence-electron chi connectivity index (χ0n) is 17.3. The van der Waals surface area contributed by atoms with E-state index in [9.17, 15) is 9.18 Å². The summed E-state index contributed by atoms with van der Waals surface area (Å²) in [7, 11) is 0. The highest BCUT2D eigenvalue weighted by atomic mass is 19.1. The number of pyridine rings is 2.